The first-order chi connectivity index (χ1) is 12.1. The highest BCUT2D eigenvalue weighted by Gasteiger charge is 2.22. The molecule has 0 saturated heterocycles. The van der Waals surface area contributed by atoms with Gasteiger partial charge in [0.15, 0.2) is 0 Å². The third-order valence-electron chi connectivity index (χ3n) is 3.78. The van der Waals surface area contributed by atoms with Crippen molar-refractivity contribution in [3.8, 4) is 11.8 Å². The minimum Gasteiger partial charge on any atom is -0.294 e. The van der Waals surface area contributed by atoms with E-state index >= 15 is 0 Å². The monoisotopic (exact) mass is 336 g/mol. The molecule has 0 aliphatic carbocycles. The quantitative estimate of drug-likeness (QED) is 0.595. The van der Waals surface area contributed by atoms with E-state index in [9.17, 15) is 4.79 Å². The van der Waals surface area contributed by atoms with E-state index in [2.05, 4.69) is 18.8 Å². The summed E-state index contributed by atoms with van der Waals surface area (Å²) in [6.07, 6.45) is 1.84. The minimum atomic E-state index is -0.281. The molecule has 4 heteroatoms. The van der Waals surface area contributed by atoms with Crippen molar-refractivity contribution in [1.82, 2.24) is 0 Å². The molecule has 0 unspecified atom stereocenters. The number of aryl methyl sites for hydroxylation is 1. The van der Waals surface area contributed by atoms with E-state index in [1.54, 1.807) is 11.9 Å². The van der Waals surface area contributed by atoms with Crippen molar-refractivity contribution in [2.45, 2.75) is 26.7 Å². The third-order valence-corrected chi connectivity index (χ3v) is 3.78. The van der Waals surface area contributed by atoms with Crippen LogP contribution in [-0.2, 0) is 4.84 Å². The molecule has 2 aromatic carbocycles. The molecule has 0 spiro atoms. The molecule has 0 aromatic heterocycles. The van der Waals surface area contributed by atoms with E-state index in [1.807, 2.05) is 55.5 Å². The number of anilines is 2. The molecule has 2 aromatic rings. The highest BCUT2D eigenvalue weighted by Crippen LogP contribution is 2.23. The van der Waals surface area contributed by atoms with E-state index in [-0.39, 0.29) is 6.03 Å². The van der Waals surface area contributed by atoms with Crippen molar-refractivity contribution >= 4 is 17.4 Å². The highest BCUT2D eigenvalue weighted by molar-refractivity contribution is 6.02. The topological polar surface area (TPSA) is 32.8 Å². The Labute approximate surface area is 150 Å². The lowest BCUT2D eigenvalue weighted by atomic mass is 10.1. The summed E-state index contributed by atoms with van der Waals surface area (Å²) in [5.74, 6) is 6.28. The largest absolute Gasteiger partial charge is 0.352 e. The van der Waals surface area contributed by atoms with E-state index in [0.29, 0.717) is 5.69 Å². The van der Waals surface area contributed by atoms with Crippen molar-refractivity contribution in [1.29, 1.82) is 0 Å². The van der Waals surface area contributed by atoms with Crippen molar-refractivity contribution < 1.29 is 9.63 Å². The van der Waals surface area contributed by atoms with E-state index < -0.39 is 0 Å². The average molecular weight is 336 g/mol. The van der Waals surface area contributed by atoms with Crippen molar-refractivity contribution in [2.24, 2.45) is 0 Å². The van der Waals surface area contributed by atoms with Gasteiger partial charge in [0.05, 0.1) is 18.5 Å². The second-order valence-corrected chi connectivity index (χ2v) is 5.72. The molecule has 0 atom stereocenters. The summed E-state index contributed by atoms with van der Waals surface area (Å²) in [6, 6.07) is 14.9. The number of hydroxylamine groups is 1. The SMILES string of the molecule is CCCC#Cc1ccccc1N(C)C(=O)N(OC)c1ccc(C)cc1. The molecule has 0 heterocycles. The van der Waals surface area contributed by atoms with Crippen LogP contribution < -0.4 is 9.96 Å². The number of para-hydroxylation sites is 1. The van der Waals surface area contributed by atoms with Crippen LogP contribution in [0.25, 0.3) is 0 Å². The first kappa shape index (κ1) is 18.6. The smallest absolute Gasteiger partial charge is 0.294 e. The fraction of sp³-hybridized carbons (Fsp3) is 0.286. The number of nitrogens with zero attached hydrogens (tertiary/aromatic N) is 2. The van der Waals surface area contributed by atoms with E-state index in [4.69, 9.17) is 4.84 Å². The Morgan fingerprint density at radius 2 is 1.80 bits per heavy atom. The van der Waals surface area contributed by atoms with Gasteiger partial charge < -0.3 is 0 Å². The number of carbonyl (C=O) groups is 1. The molecule has 0 aliphatic heterocycles. The lowest BCUT2D eigenvalue weighted by Gasteiger charge is -2.26. The van der Waals surface area contributed by atoms with Gasteiger partial charge in [0.1, 0.15) is 0 Å². The number of benzene rings is 2. The summed E-state index contributed by atoms with van der Waals surface area (Å²) >= 11 is 0. The van der Waals surface area contributed by atoms with Crippen LogP contribution in [0, 0.1) is 18.8 Å². The molecule has 0 N–H and O–H groups in total. The van der Waals surface area contributed by atoms with Gasteiger partial charge in [0.2, 0.25) is 0 Å². The van der Waals surface area contributed by atoms with Crippen LogP contribution >= 0.6 is 0 Å². The Morgan fingerprint density at radius 1 is 1.12 bits per heavy atom. The van der Waals surface area contributed by atoms with Crippen LogP contribution in [-0.4, -0.2) is 20.2 Å². The van der Waals surface area contributed by atoms with Gasteiger partial charge in [0, 0.05) is 19.0 Å². The molecule has 2 amide bonds. The maximum atomic E-state index is 12.9. The summed E-state index contributed by atoms with van der Waals surface area (Å²) in [7, 11) is 3.21. The van der Waals surface area contributed by atoms with Gasteiger partial charge in [0.25, 0.3) is 0 Å². The lowest BCUT2D eigenvalue weighted by molar-refractivity contribution is 0.167. The summed E-state index contributed by atoms with van der Waals surface area (Å²) in [5.41, 5.74) is 3.38. The molecule has 0 radical (unpaired) electrons. The molecular formula is C21H24N2O2. The average Bonchev–Trinajstić information content (AvgIpc) is 2.64. The Morgan fingerprint density at radius 3 is 2.44 bits per heavy atom. The van der Waals surface area contributed by atoms with Gasteiger partial charge in [-0.25, -0.2) is 4.79 Å². The second-order valence-electron chi connectivity index (χ2n) is 5.72. The molecule has 25 heavy (non-hydrogen) atoms. The number of hydrogen-bond acceptors (Lipinski definition) is 2. The van der Waals surface area contributed by atoms with Crippen LogP contribution in [0.4, 0.5) is 16.2 Å². The maximum absolute atomic E-state index is 12.9. The van der Waals surface area contributed by atoms with Crippen molar-refractivity contribution in [2.75, 3.05) is 24.1 Å². The molecule has 130 valence electrons. The number of unbranched alkanes of at least 4 members (excludes halogenated alkanes) is 1. The fourth-order valence-corrected chi connectivity index (χ4v) is 2.37. The van der Waals surface area contributed by atoms with Crippen LogP contribution in [0.2, 0.25) is 0 Å². The molecule has 4 nitrogen and oxygen atoms in total. The van der Waals surface area contributed by atoms with Gasteiger partial charge in [-0.05, 0) is 37.6 Å². The summed E-state index contributed by atoms with van der Waals surface area (Å²) in [4.78, 5) is 19.8. The Bertz CT molecular complexity index is 772. The first-order valence-corrected chi connectivity index (χ1v) is 8.35. The molecular weight excluding hydrogens is 312 g/mol. The highest BCUT2D eigenvalue weighted by atomic mass is 16.7. The van der Waals surface area contributed by atoms with Gasteiger partial charge in [-0.3, -0.25) is 9.74 Å². The number of carbonyl (C=O) groups excluding carboxylic acids is 1. The fourth-order valence-electron chi connectivity index (χ4n) is 2.37. The van der Waals surface area contributed by atoms with Crippen molar-refractivity contribution in [3.05, 3.63) is 59.7 Å². The standard InChI is InChI=1S/C21H24N2O2/c1-5-6-7-10-18-11-8-9-12-20(18)22(3)21(24)23(25-4)19-15-13-17(2)14-16-19/h8-9,11-16H,5-6H2,1-4H3. The summed E-state index contributed by atoms with van der Waals surface area (Å²) in [5, 5.41) is 1.27. The predicted molar refractivity (Wildman–Crippen MR) is 103 cm³/mol. The first-order valence-electron chi connectivity index (χ1n) is 8.35. The molecule has 2 rings (SSSR count). The predicted octanol–water partition coefficient (Wildman–Crippen LogP) is 4.77. The molecule has 0 fully saturated rings. The van der Waals surface area contributed by atoms with Gasteiger partial charge in [-0.1, -0.05) is 48.6 Å². The number of urea groups is 1. The van der Waals surface area contributed by atoms with Gasteiger partial charge in [-0.15, -0.1) is 0 Å². The van der Waals surface area contributed by atoms with Crippen LogP contribution in [0.5, 0.6) is 0 Å². The Balaban J connectivity index is 2.30. The zero-order chi connectivity index (χ0) is 18.2. The Hall–Kier alpha value is -2.77. The number of rotatable bonds is 4. The lowest BCUT2D eigenvalue weighted by Crippen LogP contribution is -2.41. The van der Waals surface area contributed by atoms with Crippen LogP contribution in [0.3, 0.4) is 0 Å². The zero-order valence-corrected chi connectivity index (χ0v) is 15.2. The zero-order valence-electron chi connectivity index (χ0n) is 15.2. The molecule has 0 bridgehead atoms. The van der Waals surface area contributed by atoms with E-state index in [0.717, 1.165) is 29.7 Å². The van der Waals surface area contributed by atoms with Crippen molar-refractivity contribution in [3.63, 3.8) is 0 Å². The summed E-state index contributed by atoms with van der Waals surface area (Å²) in [6.45, 7) is 4.09. The molecule has 0 saturated carbocycles. The maximum Gasteiger partial charge on any atom is 0.352 e. The second kappa shape index (κ2) is 8.91. The van der Waals surface area contributed by atoms with Crippen LogP contribution in [0.1, 0.15) is 30.9 Å². The normalized spacial score (nSPS) is 9.92. The van der Waals surface area contributed by atoms with Gasteiger partial charge in [-0.2, -0.15) is 5.06 Å². The van der Waals surface area contributed by atoms with E-state index in [1.165, 1.54) is 12.2 Å². The van der Waals surface area contributed by atoms with Crippen LogP contribution in [0.15, 0.2) is 48.5 Å². The Kier molecular flexibility index (Phi) is 6.62. The van der Waals surface area contributed by atoms with Gasteiger partial charge >= 0.3 is 6.03 Å². The summed E-state index contributed by atoms with van der Waals surface area (Å²) < 4.78 is 0. The number of amides is 2. The number of hydrogen-bond donors (Lipinski definition) is 0. The third kappa shape index (κ3) is 4.62. The molecule has 0 aliphatic rings. The minimum absolute atomic E-state index is 0.281.